The maximum absolute atomic E-state index is 12.8. The predicted octanol–water partition coefficient (Wildman–Crippen LogP) is 4.72. The fraction of sp³-hybridized carbons (Fsp3) is 0.130. The molecule has 3 aromatic rings. The lowest BCUT2D eigenvalue weighted by molar-refractivity contribution is -0.385. The highest BCUT2D eigenvalue weighted by Crippen LogP contribution is 2.32. The maximum atomic E-state index is 12.8. The lowest BCUT2D eigenvalue weighted by Gasteiger charge is -2.12. The predicted molar refractivity (Wildman–Crippen MR) is 119 cm³/mol. The van der Waals surface area contributed by atoms with Gasteiger partial charge in [-0.1, -0.05) is 48.5 Å². The quantitative estimate of drug-likeness (QED) is 0.306. The third kappa shape index (κ3) is 4.59. The number of para-hydroxylation sites is 1. The fourth-order valence-corrected chi connectivity index (χ4v) is 4.27. The number of rotatable bonds is 7. The van der Waals surface area contributed by atoms with Gasteiger partial charge in [-0.15, -0.1) is 0 Å². The molecule has 1 aliphatic rings. The number of carbonyl (C=O) groups excluding carboxylic acids is 2. The molecule has 1 aromatic heterocycles. The summed E-state index contributed by atoms with van der Waals surface area (Å²) in [4.78, 5) is 37.7. The summed E-state index contributed by atoms with van der Waals surface area (Å²) in [5.41, 5.74) is 2.37. The van der Waals surface area contributed by atoms with Gasteiger partial charge in [0.1, 0.15) is 0 Å². The molecular formula is C23H19N3O4S. The third-order valence-corrected chi connectivity index (χ3v) is 5.92. The second-order valence-corrected chi connectivity index (χ2v) is 8.01. The fourth-order valence-electron chi connectivity index (χ4n) is 3.42. The SMILES string of the molecule is O=C1S/C(=C/c2cccn2Cc2ccccc2[N+](=O)[O-])C(=O)N1CCc1ccccc1. The molecule has 0 radical (unpaired) electrons. The molecule has 0 saturated carbocycles. The minimum absolute atomic E-state index is 0.0448. The van der Waals surface area contributed by atoms with Crippen molar-refractivity contribution in [2.45, 2.75) is 13.0 Å². The molecule has 156 valence electrons. The van der Waals surface area contributed by atoms with Gasteiger partial charge in [0, 0.05) is 30.1 Å². The van der Waals surface area contributed by atoms with E-state index in [0.29, 0.717) is 29.1 Å². The van der Waals surface area contributed by atoms with Crippen molar-refractivity contribution in [1.29, 1.82) is 0 Å². The number of amides is 2. The number of thioether (sulfide) groups is 1. The molecule has 7 nitrogen and oxygen atoms in total. The van der Waals surface area contributed by atoms with E-state index < -0.39 is 4.92 Å². The summed E-state index contributed by atoms with van der Waals surface area (Å²) in [6.07, 6.45) is 4.06. The molecule has 0 aliphatic carbocycles. The van der Waals surface area contributed by atoms with E-state index in [1.807, 2.05) is 41.0 Å². The lowest BCUT2D eigenvalue weighted by atomic mass is 10.1. The average molecular weight is 433 g/mol. The number of hydrogen-bond donors (Lipinski definition) is 0. The standard InChI is InChI=1S/C23H19N3O4S/c27-22-21(31-23(28)25(22)14-12-17-7-2-1-3-8-17)15-19-10-6-13-24(19)16-18-9-4-5-11-20(18)26(29)30/h1-11,13,15H,12,14,16H2/b21-15+. The number of nitro benzene ring substituents is 1. The largest absolute Gasteiger partial charge is 0.343 e. The van der Waals surface area contributed by atoms with Gasteiger partial charge < -0.3 is 4.57 Å². The second kappa shape index (κ2) is 9.01. The number of benzene rings is 2. The van der Waals surface area contributed by atoms with Crippen LogP contribution in [-0.2, 0) is 17.8 Å². The Morgan fingerprint density at radius 1 is 0.968 bits per heavy atom. The molecule has 0 bridgehead atoms. The van der Waals surface area contributed by atoms with Crippen LogP contribution in [0.1, 0.15) is 16.8 Å². The van der Waals surface area contributed by atoms with Gasteiger partial charge in [-0.25, -0.2) is 0 Å². The number of hydrogen-bond acceptors (Lipinski definition) is 5. The van der Waals surface area contributed by atoms with Gasteiger partial charge in [0.05, 0.1) is 16.4 Å². The molecular weight excluding hydrogens is 414 g/mol. The Bertz CT molecular complexity index is 1170. The summed E-state index contributed by atoms with van der Waals surface area (Å²) in [5, 5.41) is 11.0. The molecule has 2 amide bonds. The van der Waals surface area contributed by atoms with Crippen molar-refractivity contribution in [3.63, 3.8) is 0 Å². The van der Waals surface area contributed by atoms with Gasteiger partial charge in [0.25, 0.3) is 16.8 Å². The molecule has 0 atom stereocenters. The molecule has 1 fully saturated rings. The summed E-state index contributed by atoms with van der Waals surface area (Å²) in [6.45, 7) is 0.608. The van der Waals surface area contributed by atoms with Crippen molar-refractivity contribution in [1.82, 2.24) is 9.47 Å². The first-order chi connectivity index (χ1) is 15.0. The molecule has 0 N–H and O–H groups in total. The van der Waals surface area contributed by atoms with Crippen LogP contribution < -0.4 is 0 Å². The first-order valence-corrected chi connectivity index (χ1v) is 10.5. The summed E-state index contributed by atoms with van der Waals surface area (Å²) >= 11 is 0.915. The van der Waals surface area contributed by atoms with Gasteiger partial charge in [-0.3, -0.25) is 24.6 Å². The van der Waals surface area contributed by atoms with E-state index in [1.165, 1.54) is 11.0 Å². The molecule has 0 spiro atoms. The highest BCUT2D eigenvalue weighted by Gasteiger charge is 2.34. The van der Waals surface area contributed by atoms with Crippen LogP contribution >= 0.6 is 11.8 Å². The van der Waals surface area contributed by atoms with Crippen molar-refractivity contribution >= 4 is 34.7 Å². The second-order valence-electron chi connectivity index (χ2n) is 7.02. The molecule has 2 aromatic carbocycles. The highest BCUT2D eigenvalue weighted by atomic mass is 32.2. The van der Waals surface area contributed by atoms with Gasteiger partial charge in [-0.2, -0.15) is 0 Å². The van der Waals surface area contributed by atoms with Gasteiger partial charge in [-0.05, 0) is 42.0 Å². The van der Waals surface area contributed by atoms with Crippen molar-refractivity contribution < 1.29 is 14.5 Å². The molecule has 1 aliphatic heterocycles. The zero-order valence-electron chi connectivity index (χ0n) is 16.5. The topological polar surface area (TPSA) is 85.5 Å². The lowest BCUT2D eigenvalue weighted by Crippen LogP contribution is -2.30. The van der Waals surface area contributed by atoms with Crippen LogP contribution in [0.3, 0.4) is 0 Å². The molecule has 31 heavy (non-hydrogen) atoms. The Labute approximate surface area is 183 Å². The molecule has 1 saturated heterocycles. The van der Waals surface area contributed by atoms with Crippen LogP contribution in [-0.4, -0.2) is 32.1 Å². The van der Waals surface area contributed by atoms with Crippen LogP contribution in [0.15, 0.2) is 77.8 Å². The van der Waals surface area contributed by atoms with E-state index in [9.17, 15) is 19.7 Å². The number of nitrogens with zero attached hydrogens (tertiary/aromatic N) is 3. The monoisotopic (exact) mass is 433 g/mol. The summed E-state index contributed by atoms with van der Waals surface area (Å²) in [6, 6.07) is 19.9. The van der Waals surface area contributed by atoms with E-state index in [2.05, 4.69) is 0 Å². The smallest absolute Gasteiger partial charge is 0.293 e. The highest BCUT2D eigenvalue weighted by molar-refractivity contribution is 8.18. The van der Waals surface area contributed by atoms with E-state index in [4.69, 9.17) is 0 Å². The van der Waals surface area contributed by atoms with Gasteiger partial charge >= 0.3 is 0 Å². The van der Waals surface area contributed by atoms with Gasteiger partial charge in [0.15, 0.2) is 0 Å². The van der Waals surface area contributed by atoms with E-state index >= 15 is 0 Å². The van der Waals surface area contributed by atoms with Crippen molar-refractivity contribution in [2.24, 2.45) is 0 Å². The first kappa shape index (κ1) is 20.6. The van der Waals surface area contributed by atoms with Crippen molar-refractivity contribution in [2.75, 3.05) is 6.54 Å². The summed E-state index contributed by atoms with van der Waals surface area (Å²) in [5.74, 6) is -0.315. The number of aromatic nitrogens is 1. The van der Waals surface area contributed by atoms with Crippen molar-refractivity contribution in [3.8, 4) is 0 Å². The van der Waals surface area contributed by atoms with Crippen LogP contribution in [0.5, 0.6) is 0 Å². The number of nitro groups is 1. The normalized spacial score (nSPS) is 15.1. The molecule has 0 unspecified atom stereocenters. The first-order valence-electron chi connectivity index (χ1n) is 9.69. The zero-order valence-corrected chi connectivity index (χ0v) is 17.3. The number of carbonyl (C=O) groups is 2. The van der Waals surface area contributed by atoms with E-state index in [1.54, 1.807) is 36.5 Å². The minimum atomic E-state index is -0.406. The van der Waals surface area contributed by atoms with Crippen LogP contribution in [0.25, 0.3) is 6.08 Å². The zero-order chi connectivity index (χ0) is 21.8. The Balaban J connectivity index is 1.51. The Kier molecular flexibility index (Phi) is 5.99. The van der Waals surface area contributed by atoms with Crippen molar-refractivity contribution in [3.05, 3.63) is 105 Å². The Morgan fingerprint density at radius 3 is 2.48 bits per heavy atom. The van der Waals surface area contributed by atoms with Crippen LogP contribution in [0.4, 0.5) is 10.5 Å². The minimum Gasteiger partial charge on any atom is -0.343 e. The molecule has 8 heteroatoms. The summed E-state index contributed by atoms with van der Waals surface area (Å²) < 4.78 is 1.82. The molecule has 2 heterocycles. The van der Waals surface area contributed by atoms with Crippen LogP contribution in [0, 0.1) is 10.1 Å². The average Bonchev–Trinajstić information content (AvgIpc) is 3.31. The number of imide groups is 1. The molecule has 4 rings (SSSR count). The van der Waals surface area contributed by atoms with E-state index in [-0.39, 0.29) is 23.4 Å². The van der Waals surface area contributed by atoms with Gasteiger partial charge in [0.2, 0.25) is 0 Å². The van der Waals surface area contributed by atoms with E-state index in [0.717, 1.165) is 17.3 Å². The third-order valence-electron chi connectivity index (χ3n) is 5.01. The maximum Gasteiger partial charge on any atom is 0.293 e. The Hall–Kier alpha value is -3.65. The Morgan fingerprint density at radius 2 is 1.71 bits per heavy atom. The van der Waals surface area contributed by atoms with Crippen LogP contribution in [0.2, 0.25) is 0 Å². The summed E-state index contributed by atoms with van der Waals surface area (Å²) in [7, 11) is 0.